The van der Waals surface area contributed by atoms with Gasteiger partial charge in [-0.05, 0) is 12.1 Å². The van der Waals surface area contributed by atoms with Crippen LogP contribution in [-0.4, -0.2) is 30.8 Å². The Hall–Kier alpha value is -2.80. The topological polar surface area (TPSA) is 62.0 Å². The van der Waals surface area contributed by atoms with Crippen LogP contribution in [0.4, 0.5) is 0 Å². The van der Waals surface area contributed by atoms with E-state index in [1.54, 1.807) is 18.2 Å². The second kappa shape index (κ2) is 6.25. The molecule has 0 N–H and O–H groups in total. The number of aryl methyl sites for hydroxylation is 1. The number of fused-ring (bicyclic) bond motifs is 2. The van der Waals surface area contributed by atoms with Gasteiger partial charge in [0.1, 0.15) is 19.0 Å². The van der Waals surface area contributed by atoms with E-state index in [4.69, 9.17) is 14.2 Å². The highest BCUT2D eigenvalue weighted by Gasteiger charge is 2.16. The van der Waals surface area contributed by atoms with Crippen LogP contribution in [0.5, 0.6) is 17.2 Å². The van der Waals surface area contributed by atoms with Gasteiger partial charge in [-0.15, -0.1) is 0 Å². The summed E-state index contributed by atoms with van der Waals surface area (Å²) < 4.78 is 19.4. The van der Waals surface area contributed by atoms with Crippen LogP contribution in [0.1, 0.15) is 10.4 Å². The smallest absolute Gasteiger partial charge is 0.283 e. The molecule has 3 aromatic rings. The molecule has 2 heterocycles. The summed E-state index contributed by atoms with van der Waals surface area (Å²) in [6, 6.07) is 10.9. The molecule has 2 aromatic carbocycles. The fourth-order valence-electron chi connectivity index (χ4n) is 2.74. The maximum absolute atomic E-state index is 12.6. The molecule has 25 heavy (non-hydrogen) atoms. The molecule has 1 amide bonds. The van der Waals surface area contributed by atoms with Gasteiger partial charge in [0.2, 0.25) is 0 Å². The largest absolute Gasteiger partial charge is 0.496 e. The number of hydrogen-bond acceptors (Lipinski definition) is 5. The number of ether oxygens (including phenoxy) is 3. The van der Waals surface area contributed by atoms with E-state index in [0.29, 0.717) is 29.3 Å². The summed E-state index contributed by atoms with van der Waals surface area (Å²) in [5.74, 6) is 1.62. The molecule has 0 saturated carbocycles. The third kappa shape index (κ3) is 2.76. The summed E-state index contributed by atoms with van der Waals surface area (Å²) in [7, 11) is 3.42. The van der Waals surface area contributed by atoms with Crippen LogP contribution in [0.3, 0.4) is 0 Å². The maximum Gasteiger partial charge on any atom is 0.283 e. The van der Waals surface area contributed by atoms with E-state index in [0.717, 1.165) is 21.7 Å². The van der Waals surface area contributed by atoms with Gasteiger partial charge in [0, 0.05) is 19.2 Å². The second-order valence-electron chi connectivity index (χ2n) is 5.52. The Labute approximate surface area is 147 Å². The lowest BCUT2D eigenvalue weighted by Crippen LogP contribution is -2.16. The molecule has 0 aliphatic carbocycles. The van der Waals surface area contributed by atoms with Crippen LogP contribution >= 0.6 is 11.3 Å². The van der Waals surface area contributed by atoms with E-state index in [1.807, 2.05) is 29.8 Å². The quantitative estimate of drug-likeness (QED) is 0.708. The Morgan fingerprint density at radius 1 is 1.20 bits per heavy atom. The number of rotatable bonds is 2. The monoisotopic (exact) mass is 356 g/mol. The number of methoxy groups -OCH3 is 1. The molecule has 6 nitrogen and oxygen atoms in total. The first-order valence-electron chi connectivity index (χ1n) is 7.78. The fraction of sp³-hybridized carbons (Fsp3) is 0.222. The lowest BCUT2D eigenvalue weighted by molar-refractivity contribution is 0.0995. The van der Waals surface area contributed by atoms with Crippen LogP contribution in [-0.2, 0) is 7.05 Å². The number of carbonyl (C=O) groups excluding carboxylic acids is 1. The standard InChI is InChI=1S/C18H16N2O4S/c1-20-12-9-14-15(24-8-7-23-14)10-16(12)25-18(20)19-17(21)11-5-3-4-6-13(11)22-2/h3-6,9-10H,7-8H2,1-2H3. The van der Waals surface area contributed by atoms with E-state index in [2.05, 4.69) is 4.99 Å². The third-order valence-corrected chi connectivity index (χ3v) is 5.10. The van der Waals surface area contributed by atoms with Crippen molar-refractivity contribution in [3.8, 4) is 17.2 Å². The Bertz CT molecular complexity index is 1040. The van der Waals surface area contributed by atoms with Gasteiger partial charge in [-0.1, -0.05) is 23.5 Å². The SMILES string of the molecule is COc1ccccc1C(=O)N=c1sc2cc3c(cc2n1C)OCCO3. The minimum atomic E-state index is -0.336. The highest BCUT2D eigenvalue weighted by molar-refractivity contribution is 7.16. The third-order valence-electron chi connectivity index (χ3n) is 4.01. The molecule has 1 aromatic heterocycles. The molecular weight excluding hydrogens is 340 g/mol. The summed E-state index contributed by atoms with van der Waals surface area (Å²) in [4.78, 5) is 17.5. The van der Waals surface area contributed by atoms with E-state index in [-0.39, 0.29) is 5.91 Å². The Morgan fingerprint density at radius 2 is 1.92 bits per heavy atom. The minimum absolute atomic E-state index is 0.336. The van der Waals surface area contributed by atoms with Gasteiger partial charge in [-0.3, -0.25) is 4.79 Å². The number of carbonyl (C=O) groups is 1. The minimum Gasteiger partial charge on any atom is -0.496 e. The molecular formula is C18H16N2O4S. The Morgan fingerprint density at radius 3 is 2.68 bits per heavy atom. The number of benzene rings is 2. The predicted octanol–water partition coefficient (Wildman–Crippen LogP) is 2.76. The second-order valence-corrected chi connectivity index (χ2v) is 6.53. The van der Waals surface area contributed by atoms with Crippen molar-refractivity contribution < 1.29 is 19.0 Å². The molecule has 0 radical (unpaired) electrons. The van der Waals surface area contributed by atoms with Crippen LogP contribution in [0.25, 0.3) is 10.2 Å². The van der Waals surface area contributed by atoms with Crippen LogP contribution in [0.15, 0.2) is 41.4 Å². The molecule has 1 aliphatic heterocycles. The average molecular weight is 356 g/mol. The number of aromatic nitrogens is 1. The van der Waals surface area contributed by atoms with Crippen LogP contribution < -0.4 is 19.0 Å². The molecule has 0 fully saturated rings. The Balaban J connectivity index is 1.82. The highest BCUT2D eigenvalue weighted by Crippen LogP contribution is 2.35. The molecule has 0 saturated heterocycles. The molecule has 0 unspecified atom stereocenters. The van der Waals surface area contributed by atoms with Crippen molar-refractivity contribution in [2.24, 2.45) is 12.0 Å². The zero-order valence-corrected chi connectivity index (χ0v) is 14.6. The highest BCUT2D eigenvalue weighted by atomic mass is 32.1. The lowest BCUT2D eigenvalue weighted by Gasteiger charge is -2.18. The van der Waals surface area contributed by atoms with E-state index in [1.165, 1.54) is 18.4 Å². The van der Waals surface area contributed by atoms with Crippen molar-refractivity contribution in [1.82, 2.24) is 4.57 Å². The molecule has 4 rings (SSSR count). The van der Waals surface area contributed by atoms with Crippen molar-refractivity contribution in [3.63, 3.8) is 0 Å². The summed E-state index contributed by atoms with van der Waals surface area (Å²) in [6.45, 7) is 1.08. The number of para-hydroxylation sites is 1. The predicted molar refractivity (Wildman–Crippen MR) is 94.7 cm³/mol. The maximum atomic E-state index is 12.6. The van der Waals surface area contributed by atoms with Gasteiger partial charge >= 0.3 is 0 Å². The molecule has 7 heteroatoms. The van der Waals surface area contributed by atoms with Crippen molar-refractivity contribution >= 4 is 27.5 Å². The molecule has 0 bridgehead atoms. The first kappa shape index (κ1) is 15.7. The summed E-state index contributed by atoms with van der Waals surface area (Å²) in [5, 5.41) is 0. The first-order valence-corrected chi connectivity index (χ1v) is 8.60. The number of amides is 1. The van der Waals surface area contributed by atoms with Crippen molar-refractivity contribution in [2.75, 3.05) is 20.3 Å². The van der Waals surface area contributed by atoms with E-state index >= 15 is 0 Å². The van der Waals surface area contributed by atoms with Gasteiger partial charge < -0.3 is 18.8 Å². The summed E-state index contributed by atoms with van der Waals surface area (Å²) in [6.07, 6.45) is 0. The molecule has 0 atom stereocenters. The average Bonchev–Trinajstić information content (AvgIpc) is 2.94. The van der Waals surface area contributed by atoms with Gasteiger partial charge in [0.25, 0.3) is 5.91 Å². The fourth-order valence-corrected chi connectivity index (χ4v) is 3.77. The van der Waals surface area contributed by atoms with Crippen molar-refractivity contribution in [2.45, 2.75) is 0 Å². The Kier molecular flexibility index (Phi) is 3.93. The van der Waals surface area contributed by atoms with E-state index < -0.39 is 0 Å². The molecule has 0 spiro atoms. The van der Waals surface area contributed by atoms with E-state index in [9.17, 15) is 4.79 Å². The van der Waals surface area contributed by atoms with Crippen molar-refractivity contribution in [1.29, 1.82) is 0 Å². The number of nitrogens with zero attached hydrogens (tertiary/aromatic N) is 2. The van der Waals surface area contributed by atoms with Gasteiger partial charge in [-0.25, -0.2) is 0 Å². The zero-order chi connectivity index (χ0) is 17.4. The summed E-state index contributed by atoms with van der Waals surface area (Å²) in [5.41, 5.74) is 1.38. The normalized spacial score (nSPS) is 13.9. The van der Waals surface area contributed by atoms with Gasteiger partial charge in [0.05, 0.1) is 22.9 Å². The van der Waals surface area contributed by atoms with Gasteiger partial charge in [-0.2, -0.15) is 4.99 Å². The van der Waals surface area contributed by atoms with Crippen LogP contribution in [0, 0.1) is 0 Å². The van der Waals surface area contributed by atoms with Crippen LogP contribution in [0.2, 0.25) is 0 Å². The summed E-state index contributed by atoms with van der Waals surface area (Å²) >= 11 is 1.43. The lowest BCUT2D eigenvalue weighted by atomic mass is 10.2. The van der Waals surface area contributed by atoms with Gasteiger partial charge in [0.15, 0.2) is 16.3 Å². The van der Waals surface area contributed by atoms with Crippen molar-refractivity contribution in [3.05, 3.63) is 46.8 Å². The molecule has 128 valence electrons. The number of hydrogen-bond donors (Lipinski definition) is 0. The number of thiazole rings is 1. The first-order chi connectivity index (χ1) is 12.2. The zero-order valence-electron chi connectivity index (χ0n) is 13.8. The molecule has 1 aliphatic rings.